The van der Waals surface area contributed by atoms with E-state index < -0.39 is 28.2 Å². The van der Waals surface area contributed by atoms with E-state index in [0.717, 1.165) is 0 Å². The van der Waals surface area contributed by atoms with Gasteiger partial charge in [0.15, 0.2) is 21.0 Å². The second-order valence-corrected chi connectivity index (χ2v) is 2.79. The van der Waals surface area contributed by atoms with Gasteiger partial charge in [-0.3, -0.25) is 10.1 Å². The number of halogens is 6. The summed E-state index contributed by atoms with van der Waals surface area (Å²) >= 11 is 0. The van der Waals surface area contributed by atoms with E-state index >= 15 is 0 Å². The van der Waals surface area contributed by atoms with E-state index in [1.807, 2.05) is 0 Å². The molecule has 16 heavy (non-hydrogen) atoms. The number of aliphatic hydroxyl groups is 1. The molecular formula is C4HB2F6NO3. The molecule has 0 aromatic heterocycles. The summed E-state index contributed by atoms with van der Waals surface area (Å²) in [4.78, 5) is 7.69. The van der Waals surface area contributed by atoms with Gasteiger partial charge in [-0.05, 0) is 0 Å². The van der Waals surface area contributed by atoms with Crippen molar-refractivity contribution >= 4 is 15.7 Å². The average molecular weight is 247 g/mol. The fourth-order valence-corrected chi connectivity index (χ4v) is 0.747. The molecule has 1 N–H and O–H groups in total. The van der Waals surface area contributed by atoms with Crippen LogP contribution in [0.3, 0.4) is 0 Å². The Labute approximate surface area is 86.6 Å². The van der Waals surface area contributed by atoms with Gasteiger partial charge >= 0.3 is 18.0 Å². The Morgan fingerprint density at radius 3 is 1.31 bits per heavy atom. The van der Waals surface area contributed by atoms with Crippen molar-refractivity contribution in [3.05, 3.63) is 10.1 Å². The Morgan fingerprint density at radius 2 is 1.25 bits per heavy atom. The highest BCUT2D eigenvalue weighted by Crippen LogP contribution is 2.48. The maximum absolute atomic E-state index is 12.0. The van der Waals surface area contributed by atoms with Crippen LogP contribution in [0.2, 0.25) is 0 Å². The molecule has 0 bridgehead atoms. The summed E-state index contributed by atoms with van der Waals surface area (Å²) in [5, 5.41) is 13.7. The van der Waals surface area contributed by atoms with E-state index in [9.17, 15) is 36.5 Å². The smallest absolute Gasteiger partial charge is 0.370 e. The standard InChI is InChI=1S/C4HB2F6NO3/c5-2(6,13(15)16)1(14,3(7,8)9)4(10,11)12/h14H. The molecule has 0 aliphatic rings. The Kier molecular flexibility index (Phi) is 3.33. The van der Waals surface area contributed by atoms with Crippen LogP contribution in [0.4, 0.5) is 26.3 Å². The van der Waals surface area contributed by atoms with Gasteiger partial charge in [0.1, 0.15) is 0 Å². The number of alkyl halides is 6. The van der Waals surface area contributed by atoms with Gasteiger partial charge in [0.25, 0.3) is 0 Å². The molecule has 0 fully saturated rings. The third-order valence-electron chi connectivity index (χ3n) is 1.70. The predicted octanol–water partition coefficient (Wildman–Crippen LogP) is 0.110. The Hall–Kier alpha value is -0.930. The summed E-state index contributed by atoms with van der Waals surface area (Å²) in [6, 6.07) is 0. The minimum atomic E-state index is -6.46. The number of rotatable bonds is 2. The summed E-state index contributed by atoms with van der Waals surface area (Å²) in [5.74, 6) is 0. The van der Waals surface area contributed by atoms with Gasteiger partial charge in [-0.25, -0.2) is 0 Å². The summed E-state index contributed by atoms with van der Waals surface area (Å²) in [6.07, 6.45) is -12.9. The van der Waals surface area contributed by atoms with E-state index in [1.54, 1.807) is 0 Å². The minimum absolute atomic E-state index is 2.27. The summed E-state index contributed by atoms with van der Waals surface area (Å²) in [5.41, 5.74) is -5.85. The third kappa shape index (κ3) is 1.85. The Balaban J connectivity index is 5.91. The van der Waals surface area contributed by atoms with Crippen LogP contribution >= 0.6 is 0 Å². The molecule has 0 aromatic rings. The number of nitro groups is 1. The molecule has 88 valence electrons. The molecule has 0 atom stereocenters. The topological polar surface area (TPSA) is 63.4 Å². The average Bonchev–Trinajstić information content (AvgIpc) is 1.97. The molecular weight excluding hydrogens is 246 g/mol. The molecule has 4 nitrogen and oxygen atoms in total. The zero-order valence-electron chi connectivity index (χ0n) is 7.13. The summed E-state index contributed by atoms with van der Waals surface area (Å²) < 4.78 is 72.1. The van der Waals surface area contributed by atoms with Gasteiger partial charge in [-0.15, -0.1) is 0 Å². The van der Waals surface area contributed by atoms with Crippen LogP contribution in [0.5, 0.6) is 0 Å². The quantitative estimate of drug-likeness (QED) is 0.326. The van der Waals surface area contributed by atoms with Gasteiger partial charge in [0, 0.05) is 4.92 Å². The third-order valence-corrected chi connectivity index (χ3v) is 1.70. The van der Waals surface area contributed by atoms with Gasteiger partial charge in [0.05, 0.1) is 0 Å². The van der Waals surface area contributed by atoms with Gasteiger partial charge in [-0.2, -0.15) is 26.3 Å². The van der Waals surface area contributed by atoms with E-state index in [4.69, 9.17) is 5.11 Å². The lowest BCUT2D eigenvalue weighted by molar-refractivity contribution is -0.573. The molecule has 4 radical (unpaired) electrons. The lowest BCUT2D eigenvalue weighted by Gasteiger charge is -2.39. The SMILES string of the molecule is [B]C([B])([N+](=O)[O-])C(O)(C(F)(F)F)C(F)(F)F. The molecule has 0 heterocycles. The molecule has 0 aromatic carbocycles. The zero-order valence-corrected chi connectivity index (χ0v) is 7.13. The van der Waals surface area contributed by atoms with Crippen molar-refractivity contribution in [2.75, 3.05) is 0 Å². The first-order valence-electron chi connectivity index (χ1n) is 3.27. The van der Waals surface area contributed by atoms with Crippen molar-refractivity contribution < 1.29 is 36.4 Å². The summed E-state index contributed by atoms with van der Waals surface area (Å²) in [7, 11) is 8.20. The van der Waals surface area contributed by atoms with E-state index in [2.05, 4.69) is 15.7 Å². The second kappa shape index (κ2) is 3.54. The zero-order chi connectivity index (χ0) is 13.6. The van der Waals surface area contributed by atoms with Crippen LogP contribution in [-0.4, -0.2) is 49.0 Å². The maximum Gasteiger partial charge on any atom is 0.431 e. The maximum atomic E-state index is 12.0. The van der Waals surface area contributed by atoms with Crippen molar-refractivity contribution in [2.24, 2.45) is 0 Å². The molecule has 0 amide bonds. The van der Waals surface area contributed by atoms with Crippen molar-refractivity contribution in [1.82, 2.24) is 0 Å². The Bertz CT molecular complexity index is 285. The molecule has 0 rings (SSSR count). The first-order valence-corrected chi connectivity index (χ1v) is 3.27. The van der Waals surface area contributed by atoms with E-state index in [1.165, 1.54) is 0 Å². The molecule has 0 spiro atoms. The van der Waals surface area contributed by atoms with Crippen LogP contribution in [0.15, 0.2) is 0 Å². The molecule has 0 saturated carbocycles. The molecule has 0 aliphatic carbocycles. The summed E-state index contributed by atoms with van der Waals surface area (Å²) in [6.45, 7) is 0. The first kappa shape index (κ1) is 15.1. The predicted molar refractivity (Wildman–Crippen MR) is 38.3 cm³/mol. The second-order valence-electron chi connectivity index (χ2n) is 2.79. The fourth-order valence-electron chi connectivity index (χ4n) is 0.747. The largest absolute Gasteiger partial charge is 0.431 e. The van der Waals surface area contributed by atoms with Crippen LogP contribution in [0.25, 0.3) is 0 Å². The lowest BCUT2D eigenvalue weighted by Crippen LogP contribution is -2.74. The van der Waals surface area contributed by atoms with Crippen LogP contribution in [0, 0.1) is 10.1 Å². The lowest BCUT2D eigenvalue weighted by atomic mass is 9.52. The highest BCUT2D eigenvalue weighted by atomic mass is 19.4. The highest BCUT2D eigenvalue weighted by Gasteiger charge is 2.81. The van der Waals surface area contributed by atoms with Gasteiger partial charge in [0.2, 0.25) is 0 Å². The number of hydrogen-bond acceptors (Lipinski definition) is 3. The van der Waals surface area contributed by atoms with Crippen molar-refractivity contribution in [2.45, 2.75) is 23.3 Å². The van der Waals surface area contributed by atoms with E-state index in [-0.39, 0.29) is 0 Å². The van der Waals surface area contributed by atoms with Crippen LogP contribution < -0.4 is 0 Å². The monoisotopic (exact) mass is 247 g/mol. The van der Waals surface area contributed by atoms with Crippen molar-refractivity contribution in [3.8, 4) is 0 Å². The fraction of sp³-hybridized carbons (Fsp3) is 1.00. The van der Waals surface area contributed by atoms with Crippen molar-refractivity contribution in [3.63, 3.8) is 0 Å². The molecule has 0 saturated heterocycles. The Morgan fingerprint density at radius 1 is 1.00 bits per heavy atom. The normalized spacial score (nSPS) is 14.9. The number of hydrogen-bond donors (Lipinski definition) is 1. The highest BCUT2D eigenvalue weighted by molar-refractivity contribution is 6.39. The number of nitrogens with zero attached hydrogens (tertiary/aromatic N) is 1. The molecule has 12 heteroatoms. The van der Waals surface area contributed by atoms with Gasteiger partial charge in [-0.1, -0.05) is 0 Å². The van der Waals surface area contributed by atoms with E-state index in [0.29, 0.717) is 0 Å². The van der Waals surface area contributed by atoms with Gasteiger partial charge < -0.3 is 5.11 Å². The minimum Gasteiger partial charge on any atom is -0.370 e. The van der Waals surface area contributed by atoms with Crippen LogP contribution in [-0.2, 0) is 0 Å². The molecule has 0 aliphatic heterocycles. The molecule has 0 unspecified atom stereocenters. The first-order chi connectivity index (χ1) is 6.69. The van der Waals surface area contributed by atoms with Crippen LogP contribution in [0.1, 0.15) is 0 Å². The van der Waals surface area contributed by atoms with Crippen molar-refractivity contribution in [1.29, 1.82) is 0 Å².